The Morgan fingerprint density at radius 3 is 2.58 bits per heavy atom. The number of hydrogen-bond donors (Lipinski definition) is 2. The van der Waals surface area contributed by atoms with Crippen molar-refractivity contribution in [3.63, 3.8) is 0 Å². The van der Waals surface area contributed by atoms with Crippen LogP contribution in [0.15, 0.2) is 54.6 Å². The summed E-state index contributed by atoms with van der Waals surface area (Å²) in [6.07, 6.45) is 5.36. The molecule has 0 aliphatic heterocycles. The van der Waals surface area contributed by atoms with E-state index in [1.54, 1.807) is 0 Å². The fraction of sp³-hybridized carbons (Fsp3) is 0.208. The summed E-state index contributed by atoms with van der Waals surface area (Å²) in [4.78, 5) is 15.5. The van der Waals surface area contributed by atoms with Gasteiger partial charge in [-0.3, -0.25) is 0 Å². The van der Waals surface area contributed by atoms with Crippen LogP contribution < -0.4 is 0 Å². The highest BCUT2D eigenvalue weighted by Crippen LogP contribution is 2.30. The van der Waals surface area contributed by atoms with Gasteiger partial charge in [0.15, 0.2) is 11.0 Å². The summed E-state index contributed by atoms with van der Waals surface area (Å²) in [5.41, 5.74) is 4.61. The molecule has 0 atom stereocenters. The van der Waals surface area contributed by atoms with Gasteiger partial charge in [-0.25, -0.2) is 14.9 Å². The second-order valence-corrected chi connectivity index (χ2v) is 7.92. The number of H-pyrrole nitrogens is 1. The lowest BCUT2D eigenvalue weighted by molar-refractivity contribution is -0.131. The fourth-order valence-corrected chi connectivity index (χ4v) is 3.94. The smallest absolute Gasteiger partial charge is 0.328 e. The highest BCUT2D eigenvalue weighted by Gasteiger charge is 2.15. The number of aryl methyl sites for hydroxylation is 1. The molecule has 4 rings (SSSR count). The molecular weight excluding hydrogens is 440 g/mol. The summed E-state index contributed by atoms with van der Waals surface area (Å²) in [6.45, 7) is 2.65. The van der Waals surface area contributed by atoms with E-state index < -0.39 is 5.97 Å². The second kappa shape index (κ2) is 10.2. The van der Waals surface area contributed by atoms with Crippen molar-refractivity contribution in [3.05, 3.63) is 76.8 Å². The molecule has 4 aromatic rings. The SMILES string of the molecule is CCCCc1nc(Cl)c(/C=C/C(=O)O)n1Cc1ccc(-c2ccccc2-c2nnn[nH]2)cc1. The molecule has 0 amide bonds. The number of nitrogens with zero attached hydrogens (tertiary/aromatic N) is 5. The van der Waals surface area contributed by atoms with Crippen LogP contribution in [0.25, 0.3) is 28.6 Å². The molecule has 8 nitrogen and oxygen atoms in total. The minimum absolute atomic E-state index is 0.310. The minimum Gasteiger partial charge on any atom is -0.478 e. The zero-order chi connectivity index (χ0) is 23.2. The summed E-state index contributed by atoms with van der Waals surface area (Å²) >= 11 is 6.36. The summed E-state index contributed by atoms with van der Waals surface area (Å²) in [6, 6.07) is 16.1. The van der Waals surface area contributed by atoms with E-state index in [0.29, 0.717) is 23.2 Å². The van der Waals surface area contributed by atoms with E-state index in [4.69, 9.17) is 16.7 Å². The third kappa shape index (κ3) is 5.18. The maximum atomic E-state index is 11.0. The monoisotopic (exact) mass is 462 g/mol. The van der Waals surface area contributed by atoms with Crippen LogP contribution in [0.2, 0.25) is 5.15 Å². The maximum Gasteiger partial charge on any atom is 0.328 e. The molecule has 0 bridgehead atoms. The van der Waals surface area contributed by atoms with Gasteiger partial charge in [-0.05, 0) is 39.6 Å². The summed E-state index contributed by atoms with van der Waals surface area (Å²) < 4.78 is 1.99. The number of aromatic amines is 1. The first-order valence-corrected chi connectivity index (χ1v) is 11.0. The third-order valence-corrected chi connectivity index (χ3v) is 5.59. The normalized spacial score (nSPS) is 11.3. The second-order valence-electron chi connectivity index (χ2n) is 7.56. The van der Waals surface area contributed by atoms with E-state index >= 15 is 0 Å². The number of carboxylic acid groups (broad SMARTS) is 1. The standard InChI is InChI=1S/C24H23ClN6O2/c1-2-3-8-21-26-23(25)20(13-14-22(32)33)31(21)15-16-9-11-17(12-10-16)18-6-4-5-7-19(18)24-27-29-30-28-24/h4-7,9-14H,2-3,8,15H2,1H3,(H,32,33)(H,27,28,29,30)/b14-13+. The van der Waals surface area contributed by atoms with Crippen LogP contribution in [0.4, 0.5) is 0 Å². The van der Waals surface area contributed by atoms with Gasteiger partial charge in [-0.1, -0.05) is 73.5 Å². The highest BCUT2D eigenvalue weighted by molar-refractivity contribution is 6.30. The molecular formula is C24H23ClN6O2. The number of imidazole rings is 1. The predicted molar refractivity (Wildman–Crippen MR) is 127 cm³/mol. The van der Waals surface area contributed by atoms with Gasteiger partial charge in [0, 0.05) is 24.6 Å². The Labute approximate surface area is 196 Å². The van der Waals surface area contributed by atoms with Crippen molar-refractivity contribution >= 4 is 23.6 Å². The van der Waals surface area contributed by atoms with Gasteiger partial charge in [0.25, 0.3) is 0 Å². The lowest BCUT2D eigenvalue weighted by atomic mass is 9.98. The van der Waals surface area contributed by atoms with Crippen LogP contribution in [0, 0.1) is 0 Å². The van der Waals surface area contributed by atoms with E-state index in [2.05, 4.69) is 44.7 Å². The van der Waals surface area contributed by atoms with Gasteiger partial charge in [0.05, 0.1) is 5.69 Å². The molecule has 0 unspecified atom stereocenters. The number of rotatable bonds is 9. The van der Waals surface area contributed by atoms with Crippen LogP contribution in [0.3, 0.4) is 0 Å². The highest BCUT2D eigenvalue weighted by atomic mass is 35.5. The Balaban J connectivity index is 1.65. The molecule has 2 N–H and O–H groups in total. The average molecular weight is 463 g/mol. The van der Waals surface area contributed by atoms with E-state index in [-0.39, 0.29) is 0 Å². The molecule has 0 fully saturated rings. The Bertz CT molecular complexity index is 1260. The molecule has 2 aromatic carbocycles. The van der Waals surface area contributed by atoms with Crippen LogP contribution in [-0.2, 0) is 17.8 Å². The largest absolute Gasteiger partial charge is 0.478 e. The number of carboxylic acids is 1. The van der Waals surface area contributed by atoms with Gasteiger partial charge < -0.3 is 9.67 Å². The van der Waals surface area contributed by atoms with E-state index in [1.807, 2.05) is 41.0 Å². The number of aromatic nitrogens is 6. The van der Waals surface area contributed by atoms with Crippen LogP contribution in [0.1, 0.15) is 36.8 Å². The molecule has 9 heteroatoms. The summed E-state index contributed by atoms with van der Waals surface area (Å²) in [5, 5.41) is 23.6. The van der Waals surface area contributed by atoms with E-state index in [0.717, 1.165) is 53.4 Å². The van der Waals surface area contributed by atoms with Crippen molar-refractivity contribution in [1.29, 1.82) is 0 Å². The lowest BCUT2D eigenvalue weighted by Gasteiger charge is -2.12. The molecule has 2 aromatic heterocycles. The molecule has 2 heterocycles. The Morgan fingerprint density at radius 1 is 1.15 bits per heavy atom. The number of carbonyl (C=O) groups is 1. The number of benzene rings is 2. The van der Waals surface area contributed by atoms with E-state index in [1.165, 1.54) is 6.08 Å². The lowest BCUT2D eigenvalue weighted by Crippen LogP contribution is -2.07. The number of hydrogen-bond acceptors (Lipinski definition) is 5. The van der Waals surface area contributed by atoms with Gasteiger partial charge in [0.2, 0.25) is 0 Å². The van der Waals surface area contributed by atoms with Crippen molar-refractivity contribution in [2.24, 2.45) is 0 Å². The van der Waals surface area contributed by atoms with Crippen LogP contribution in [0.5, 0.6) is 0 Å². The van der Waals surface area contributed by atoms with Crippen molar-refractivity contribution < 1.29 is 9.90 Å². The molecule has 0 spiro atoms. The first-order valence-electron chi connectivity index (χ1n) is 10.6. The molecule has 0 saturated carbocycles. The van der Waals surface area contributed by atoms with Gasteiger partial charge in [-0.2, -0.15) is 0 Å². The topological polar surface area (TPSA) is 110 Å². The molecule has 0 radical (unpaired) electrons. The van der Waals surface area contributed by atoms with Crippen LogP contribution in [-0.4, -0.2) is 41.3 Å². The maximum absolute atomic E-state index is 11.0. The Morgan fingerprint density at radius 2 is 1.91 bits per heavy atom. The molecule has 33 heavy (non-hydrogen) atoms. The number of halogens is 1. The average Bonchev–Trinajstić information content (AvgIpc) is 3.45. The number of aliphatic carboxylic acids is 1. The summed E-state index contributed by atoms with van der Waals surface area (Å²) in [5.74, 6) is 0.427. The molecule has 0 aliphatic rings. The number of tetrazole rings is 1. The Kier molecular flexibility index (Phi) is 6.95. The quantitative estimate of drug-likeness (QED) is 0.343. The predicted octanol–water partition coefficient (Wildman–Crippen LogP) is 4.87. The van der Waals surface area contributed by atoms with Crippen LogP contribution >= 0.6 is 11.6 Å². The first kappa shape index (κ1) is 22.4. The van der Waals surface area contributed by atoms with Crippen molar-refractivity contribution in [2.45, 2.75) is 32.7 Å². The third-order valence-electron chi connectivity index (χ3n) is 5.31. The zero-order valence-electron chi connectivity index (χ0n) is 18.1. The fourth-order valence-electron chi connectivity index (χ4n) is 3.68. The van der Waals surface area contributed by atoms with Crippen molar-refractivity contribution in [3.8, 4) is 22.5 Å². The van der Waals surface area contributed by atoms with Gasteiger partial charge in [0.1, 0.15) is 5.82 Å². The van der Waals surface area contributed by atoms with Crippen molar-refractivity contribution in [2.75, 3.05) is 0 Å². The summed E-state index contributed by atoms with van der Waals surface area (Å²) in [7, 11) is 0. The number of nitrogens with one attached hydrogen (secondary N) is 1. The first-order chi connectivity index (χ1) is 16.1. The van der Waals surface area contributed by atoms with E-state index in [9.17, 15) is 4.79 Å². The molecule has 0 saturated heterocycles. The number of unbranched alkanes of at least 4 members (excludes halogenated alkanes) is 1. The van der Waals surface area contributed by atoms with Gasteiger partial charge in [-0.15, -0.1) is 5.10 Å². The minimum atomic E-state index is -1.03. The van der Waals surface area contributed by atoms with Crippen molar-refractivity contribution in [1.82, 2.24) is 30.2 Å². The Hall–Kier alpha value is -3.78. The molecule has 0 aliphatic carbocycles. The zero-order valence-corrected chi connectivity index (χ0v) is 18.8. The molecule has 168 valence electrons. The van der Waals surface area contributed by atoms with Gasteiger partial charge >= 0.3 is 5.97 Å².